The molecule has 1 N–H and O–H groups in total. The van der Waals surface area contributed by atoms with E-state index in [1.807, 2.05) is 0 Å². The Bertz CT molecular complexity index is 857. The van der Waals surface area contributed by atoms with Crippen LogP contribution in [0.4, 0.5) is 8.78 Å². The minimum atomic E-state index is -4.10. The molecule has 0 aromatic heterocycles. The van der Waals surface area contributed by atoms with Gasteiger partial charge in [0, 0.05) is 11.6 Å². The molecular formula is C15H10ClF2NO2S. The summed E-state index contributed by atoms with van der Waals surface area (Å²) in [6.07, 6.45) is 0. The number of hydrogen-bond donors (Lipinski definition) is 1. The van der Waals surface area contributed by atoms with E-state index in [1.165, 1.54) is 0 Å². The number of nitrogens with one attached hydrogen (secondary N) is 1. The lowest BCUT2D eigenvalue weighted by Gasteiger charge is -2.04. The SMILES string of the molecule is O=S(=O)(NCC#Cc1ccccc1Cl)c1ccc(F)cc1F. The van der Waals surface area contributed by atoms with E-state index >= 15 is 0 Å². The van der Waals surface area contributed by atoms with Crippen molar-refractivity contribution >= 4 is 21.6 Å². The summed E-state index contributed by atoms with van der Waals surface area (Å²) in [5, 5.41) is 0.447. The van der Waals surface area contributed by atoms with E-state index in [4.69, 9.17) is 11.6 Å². The monoisotopic (exact) mass is 341 g/mol. The van der Waals surface area contributed by atoms with E-state index < -0.39 is 26.6 Å². The Labute approximate surface area is 132 Å². The zero-order valence-corrected chi connectivity index (χ0v) is 12.7. The van der Waals surface area contributed by atoms with Crippen molar-refractivity contribution in [3.8, 4) is 11.8 Å². The summed E-state index contributed by atoms with van der Waals surface area (Å²) in [4.78, 5) is -0.631. The second-order valence-electron chi connectivity index (χ2n) is 4.18. The number of halogens is 3. The fourth-order valence-corrected chi connectivity index (χ4v) is 2.77. The van der Waals surface area contributed by atoms with Gasteiger partial charge in [-0.3, -0.25) is 0 Å². The Morgan fingerprint density at radius 1 is 1.14 bits per heavy atom. The summed E-state index contributed by atoms with van der Waals surface area (Å²) in [6, 6.07) is 9.06. The molecule has 0 aliphatic carbocycles. The lowest BCUT2D eigenvalue weighted by Crippen LogP contribution is -2.25. The summed E-state index contributed by atoms with van der Waals surface area (Å²) in [6.45, 7) is -0.232. The van der Waals surface area contributed by atoms with E-state index in [-0.39, 0.29) is 6.54 Å². The smallest absolute Gasteiger partial charge is 0.207 e. The van der Waals surface area contributed by atoms with Crippen LogP contribution in [0.15, 0.2) is 47.4 Å². The quantitative estimate of drug-likeness (QED) is 0.872. The van der Waals surface area contributed by atoms with Crippen LogP contribution < -0.4 is 4.72 Å². The average Bonchev–Trinajstić information content (AvgIpc) is 2.45. The van der Waals surface area contributed by atoms with Crippen LogP contribution in [0.1, 0.15) is 5.56 Å². The largest absolute Gasteiger partial charge is 0.244 e. The predicted octanol–water partition coefficient (Wildman–Crippen LogP) is 2.95. The van der Waals surface area contributed by atoms with Crippen LogP contribution in [-0.2, 0) is 10.0 Å². The van der Waals surface area contributed by atoms with Crippen LogP contribution >= 0.6 is 11.6 Å². The summed E-state index contributed by atoms with van der Waals surface area (Å²) in [5.74, 6) is 3.26. The van der Waals surface area contributed by atoms with Gasteiger partial charge in [0.25, 0.3) is 0 Å². The van der Waals surface area contributed by atoms with Crippen molar-refractivity contribution in [3.63, 3.8) is 0 Å². The Morgan fingerprint density at radius 2 is 1.86 bits per heavy atom. The van der Waals surface area contributed by atoms with Gasteiger partial charge in [-0.2, -0.15) is 4.72 Å². The fraction of sp³-hybridized carbons (Fsp3) is 0.0667. The fourth-order valence-electron chi connectivity index (χ4n) is 1.60. The molecule has 0 saturated heterocycles. The van der Waals surface area contributed by atoms with Crippen molar-refractivity contribution < 1.29 is 17.2 Å². The van der Waals surface area contributed by atoms with Gasteiger partial charge in [0.15, 0.2) is 0 Å². The van der Waals surface area contributed by atoms with E-state index in [9.17, 15) is 17.2 Å². The minimum absolute atomic E-state index is 0.232. The van der Waals surface area contributed by atoms with Crippen LogP contribution in [-0.4, -0.2) is 15.0 Å². The van der Waals surface area contributed by atoms with Gasteiger partial charge in [-0.15, -0.1) is 0 Å². The van der Waals surface area contributed by atoms with Gasteiger partial charge >= 0.3 is 0 Å². The molecule has 0 saturated carbocycles. The molecule has 22 heavy (non-hydrogen) atoms. The highest BCUT2D eigenvalue weighted by Gasteiger charge is 2.18. The van der Waals surface area contributed by atoms with Crippen molar-refractivity contribution in [2.24, 2.45) is 0 Å². The summed E-state index contributed by atoms with van der Waals surface area (Å²) < 4.78 is 52.1. The molecular weight excluding hydrogens is 332 g/mol. The summed E-state index contributed by atoms with van der Waals surface area (Å²) in [7, 11) is -4.10. The molecule has 0 radical (unpaired) electrons. The molecule has 2 aromatic rings. The molecule has 0 bridgehead atoms. The zero-order chi connectivity index (χ0) is 16.2. The third kappa shape index (κ3) is 4.04. The Kier molecular flexibility index (Phi) is 5.14. The maximum absolute atomic E-state index is 13.5. The Morgan fingerprint density at radius 3 is 2.55 bits per heavy atom. The predicted molar refractivity (Wildman–Crippen MR) is 79.9 cm³/mol. The molecule has 0 amide bonds. The van der Waals surface area contributed by atoms with E-state index in [0.717, 1.165) is 12.1 Å². The molecule has 3 nitrogen and oxygen atoms in total. The molecule has 114 valence electrons. The third-order valence-electron chi connectivity index (χ3n) is 2.63. The minimum Gasteiger partial charge on any atom is -0.207 e. The molecule has 0 spiro atoms. The van der Waals surface area contributed by atoms with Crippen LogP contribution in [0.2, 0.25) is 5.02 Å². The van der Waals surface area contributed by atoms with Crippen LogP contribution in [0, 0.1) is 23.5 Å². The van der Waals surface area contributed by atoms with Crippen LogP contribution in [0.5, 0.6) is 0 Å². The van der Waals surface area contributed by atoms with Gasteiger partial charge in [-0.25, -0.2) is 17.2 Å². The molecule has 0 aliphatic heterocycles. The zero-order valence-electron chi connectivity index (χ0n) is 11.1. The van der Waals surface area contributed by atoms with E-state index in [2.05, 4.69) is 16.6 Å². The molecule has 7 heteroatoms. The topological polar surface area (TPSA) is 46.2 Å². The van der Waals surface area contributed by atoms with Gasteiger partial charge < -0.3 is 0 Å². The Hall–Kier alpha value is -1.94. The van der Waals surface area contributed by atoms with Gasteiger partial charge in [-0.05, 0) is 24.3 Å². The molecule has 0 atom stereocenters. The van der Waals surface area contributed by atoms with Crippen LogP contribution in [0.3, 0.4) is 0 Å². The standard InChI is InChI=1S/C15H10ClF2NO2S/c16-13-6-2-1-4-11(13)5-3-9-19-22(20,21)15-8-7-12(17)10-14(15)18/h1-2,4,6-8,10,19H,9H2. The number of rotatable bonds is 3. The normalized spacial score (nSPS) is 10.9. The van der Waals surface area contributed by atoms with Crippen molar-refractivity contribution in [1.29, 1.82) is 0 Å². The average molecular weight is 342 g/mol. The highest BCUT2D eigenvalue weighted by Crippen LogP contribution is 2.15. The first kappa shape index (κ1) is 16.4. The Balaban J connectivity index is 2.10. The first-order valence-electron chi connectivity index (χ1n) is 6.08. The number of hydrogen-bond acceptors (Lipinski definition) is 2. The number of benzene rings is 2. The molecule has 0 fully saturated rings. The highest BCUT2D eigenvalue weighted by atomic mass is 35.5. The maximum Gasteiger partial charge on any atom is 0.244 e. The van der Waals surface area contributed by atoms with Gasteiger partial charge in [0.1, 0.15) is 16.5 Å². The lowest BCUT2D eigenvalue weighted by molar-refractivity contribution is 0.545. The molecule has 0 heterocycles. The molecule has 0 aliphatic rings. The van der Waals surface area contributed by atoms with E-state index in [1.54, 1.807) is 24.3 Å². The highest BCUT2D eigenvalue weighted by molar-refractivity contribution is 7.89. The van der Waals surface area contributed by atoms with Crippen LogP contribution in [0.25, 0.3) is 0 Å². The van der Waals surface area contributed by atoms with Crippen molar-refractivity contribution in [3.05, 3.63) is 64.7 Å². The summed E-state index contributed by atoms with van der Waals surface area (Å²) in [5.41, 5.74) is 0.552. The second kappa shape index (κ2) is 6.88. The van der Waals surface area contributed by atoms with Gasteiger partial charge in [-0.1, -0.05) is 35.6 Å². The first-order chi connectivity index (χ1) is 10.4. The summed E-state index contributed by atoms with van der Waals surface area (Å²) >= 11 is 5.90. The van der Waals surface area contributed by atoms with E-state index in [0.29, 0.717) is 16.7 Å². The molecule has 2 aromatic carbocycles. The van der Waals surface area contributed by atoms with Crippen molar-refractivity contribution in [1.82, 2.24) is 4.72 Å². The maximum atomic E-state index is 13.5. The van der Waals surface area contributed by atoms with Gasteiger partial charge in [0.05, 0.1) is 11.6 Å². The lowest BCUT2D eigenvalue weighted by atomic mass is 10.2. The van der Waals surface area contributed by atoms with Gasteiger partial charge in [0.2, 0.25) is 10.0 Å². The van der Waals surface area contributed by atoms with Crippen molar-refractivity contribution in [2.75, 3.05) is 6.54 Å². The molecule has 0 unspecified atom stereocenters. The number of sulfonamides is 1. The molecule has 2 rings (SSSR count). The third-order valence-corrected chi connectivity index (χ3v) is 4.40. The van der Waals surface area contributed by atoms with Crippen molar-refractivity contribution in [2.45, 2.75) is 4.90 Å². The second-order valence-corrected chi connectivity index (χ2v) is 6.32. The first-order valence-corrected chi connectivity index (χ1v) is 7.94.